The molecule has 20 heavy (non-hydrogen) atoms. The Morgan fingerprint density at radius 2 is 1.70 bits per heavy atom. The molecule has 0 aromatic heterocycles. The molecule has 2 rings (SSSR count). The van der Waals surface area contributed by atoms with Crippen LogP contribution in [0.1, 0.15) is 26.3 Å². The molecule has 0 aliphatic rings. The molecule has 2 aromatic carbocycles. The Labute approximate surface area is 130 Å². The molecule has 0 saturated heterocycles. The Hall–Kier alpha value is -0.960. The van der Waals surface area contributed by atoms with E-state index in [9.17, 15) is 0 Å². The van der Waals surface area contributed by atoms with Crippen LogP contribution in [0.5, 0.6) is 0 Å². The van der Waals surface area contributed by atoms with Gasteiger partial charge in [0.25, 0.3) is 0 Å². The average Bonchev–Trinajstić information content (AvgIpc) is 2.38. The zero-order valence-electron chi connectivity index (χ0n) is 12.1. The third-order valence-corrected chi connectivity index (χ3v) is 4.31. The lowest BCUT2D eigenvalue weighted by Crippen LogP contribution is -2.35. The second-order valence-corrected chi connectivity index (χ2v) is 7.26. The van der Waals surface area contributed by atoms with Crippen LogP contribution in [0.4, 0.5) is 0 Å². The molecule has 0 spiro atoms. The van der Waals surface area contributed by atoms with Crippen LogP contribution in [-0.2, 0) is 6.54 Å². The second-order valence-electron chi connectivity index (χ2n) is 5.74. The van der Waals surface area contributed by atoms with E-state index in [1.54, 1.807) is 11.8 Å². The van der Waals surface area contributed by atoms with E-state index in [0.717, 1.165) is 17.1 Å². The summed E-state index contributed by atoms with van der Waals surface area (Å²) in [5.41, 5.74) is 1.24. The molecule has 0 saturated carbocycles. The molecule has 0 fully saturated rings. The summed E-state index contributed by atoms with van der Waals surface area (Å²) in [6.45, 7) is 7.26. The molecule has 0 bridgehead atoms. The maximum Gasteiger partial charge on any atom is 0.0462 e. The average molecular weight is 306 g/mol. The van der Waals surface area contributed by atoms with Crippen molar-refractivity contribution in [2.24, 2.45) is 0 Å². The minimum Gasteiger partial charge on any atom is -0.308 e. The maximum atomic E-state index is 6.37. The summed E-state index contributed by atoms with van der Waals surface area (Å²) in [6.07, 6.45) is 0. The largest absolute Gasteiger partial charge is 0.308 e. The molecular formula is C17H20ClNS. The van der Waals surface area contributed by atoms with Gasteiger partial charge in [0, 0.05) is 26.9 Å². The first kappa shape index (κ1) is 15.4. The van der Waals surface area contributed by atoms with Crippen LogP contribution in [0.2, 0.25) is 5.02 Å². The number of nitrogens with one attached hydrogen (secondary N) is 1. The van der Waals surface area contributed by atoms with E-state index < -0.39 is 0 Å². The second kappa shape index (κ2) is 6.66. The molecule has 0 heterocycles. The van der Waals surface area contributed by atoms with Gasteiger partial charge in [-0.25, -0.2) is 0 Å². The van der Waals surface area contributed by atoms with Gasteiger partial charge in [0.1, 0.15) is 0 Å². The van der Waals surface area contributed by atoms with Gasteiger partial charge in [-0.2, -0.15) is 0 Å². The Morgan fingerprint density at radius 3 is 2.35 bits per heavy atom. The molecule has 0 amide bonds. The highest BCUT2D eigenvalue weighted by Gasteiger charge is 2.13. The molecule has 0 aliphatic heterocycles. The standard InChI is InChI=1S/C17H20ClNS/c1-17(2,3)19-12-14-15(18)10-7-11-16(14)20-13-8-5-4-6-9-13/h4-11,19H,12H2,1-3H3. The predicted octanol–water partition coefficient (Wildman–Crippen LogP) is 5.38. The molecule has 3 heteroatoms. The number of hydrogen-bond acceptors (Lipinski definition) is 2. The number of hydrogen-bond donors (Lipinski definition) is 1. The van der Waals surface area contributed by atoms with Crippen LogP contribution >= 0.6 is 23.4 Å². The Balaban J connectivity index is 2.22. The maximum absolute atomic E-state index is 6.37. The minimum absolute atomic E-state index is 0.0772. The highest BCUT2D eigenvalue weighted by molar-refractivity contribution is 7.99. The first-order valence-electron chi connectivity index (χ1n) is 6.71. The van der Waals surface area contributed by atoms with Gasteiger partial charge < -0.3 is 5.32 Å². The minimum atomic E-state index is 0.0772. The van der Waals surface area contributed by atoms with Gasteiger partial charge in [0.2, 0.25) is 0 Å². The van der Waals surface area contributed by atoms with Crippen LogP contribution in [0.25, 0.3) is 0 Å². The third kappa shape index (κ3) is 4.55. The molecule has 0 aliphatic carbocycles. The number of benzene rings is 2. The van der Waals surface area contributed by atoms with Crippen molar-refractivity contribution in [2.75, 3.05) is 0 Å². The van der Waals surface area contributed by atoms with Gasteiger partial charge in [0.05, 0.1) is 0 Å². The lowest BCUT2D eigenvalue weighted by molar-refractivity contribution is 0.422. The first-order chi connectivity index (χ1) is 9.46. The molecule has 1 nitrogen and oxygen atoms in total. The number of halogens is 1. The van der Waals surface area contributed by atoms with Crippen molar-refractivity contribution in [1.82, 2.24) is 5.32 Å². The lowest BCUT2D eigenvalue weighted by Gasteiger charge is -2.22. The SMILES string of the molecule is CC(C)(C)NCc1c(Cl)cccc1Sc1ccccc1. The van der Waals surface area contributed by atoms with Crippen LogP contribution in [0.15, 0.2) is 58.3 Å². The Morgan fingerprint density at radius 1 is 1.00 bits per heavy atom. The van der Waals surface area contributed by atoms with Crippen molar-refractivity contribution in [1.29, 1.82) is 0 Å². The Bertz CT molecular complexity index is 561. The topological polar surface area (TPSA) is 12.0 Å². The van der Waals surface area contributed by atoms with Gasteiger partial charge >= 0.3 is 0 Å². The fraction of sp³-hybridized carbons (Fsp3) is 0.294. The fourth-order valence-corrected chi connectivity index (χ4v) is 3.07. The van der Waals surface area contributed by atoms with Gasteiger partial charge in [-0.3, -0.25) is 0 Å². The summed E-state index contributed by atoms with van der Waals surface area (Å²) in [7, 11) is 0. The quantitative estimate of drug-likeness (QED) is 0.814. The van der Waals surface area contributed by atoms with Crippen molar-refractivity contribution < 1.29 is 0 Å². The summed E-state index contributed by atoms with van der Waals surface area (Å²) >= 11 is 8.13. The van der Waals surface area contributed by atoms with E-state index >= 15 is 0 Å². The monoisotopic (exact) mass is 305 g/mol. The van der Waals surface area contributed by atoms with Crippen LogP contribution in [-0.4, -0.2) is 5.54 Å². The molecule has 0 radical (unpaired) electrons. The van der Waals surface area contributed by atoms with Crippen LogP contribution < -0.4 is 5.32 Å². The van der Waals surface area contributed by atoms with E-state index in [4.69, 9.17) is 11.6 Å². The lowest BCUT2D eigenvalue weighted by atomic mass is 10.1. The van der Waals surface area contributed by atoms with Crippen molar-refractivity contribution in [3.63, 3.8) is 0 Å². The van der Waals surface area contributed by atoms with E-state index in [1.807, 2.05) is 18.2 Å². The van der Waals surface area contributed by atoms with Crippen molar-refractivity contribution in [2.45, 2.75) is 42.6 Å². The summed E-state index contributed by atoms with van der Waals surface area (Å²) < 4.78 is 0. The van der Waals surface area contributed by atoms with Crippen LogP contribution in [0, 0.1) is 0 Å². The predicted molar refractivity (Wildman–Crippen MR) is 88.6 cm³/mol. The van der Waals surface area contributed by atoms with E-state index in [1.165, 1.54) is 9.79 Å². The molecule has 2 aromatic rings. The van der Waals surface area contributed by atoms with E-state index in [0.29, 0.717) is 0 Å². The summed E-state index contributed by atoms with van der Waals surface area (Å²) in [6, 6.07) is 16.5. The molecule has 0 atom stereocenters. The highest BCUT2D eigenvalue weighted by atomic mass is 35.5. The van der Waals surface area contributed by atoms with Gasteiger partial charge in [0.15, 0.2) is 0 Å². The summed E-state index contributed by atoms with van der Waals surface area (Å²) in [5.74, 6) is 0. The highest BCUT2D eigenvalue weighted by Crippen LogP contribution is 2.33. The van der Waals surface area contributed by atoms with E-state index in [2.05, 4.69) is 56.4 Å². The smallest absolute Gasteiger partial charge is 0.0462 e. The van der Waals surface area contributed by atoms with Gasteiger partial charge in [-0.15, -0.1) is 0 Å². The molecule has 0 unspecified atom stereocenters. The van der Waals surface area contributed by atoms with Crippen molar-refractivity contribution >= 4 is 23.4 Å². The van der Waals surface area contributed by atoms with Crippen molar-refractivity contribution in [3.05, 3.63) is 59.1 Å². The van der Waals surface area contributed by atoms with Crippen LogP contribution in [0.3, 0.4) is 0 Å². The third-order valence-electron chi connectivity index (χ3n) is 2.84. The Kier molecular flexibility index (Phi) is 5.14. The zero-order valence-corrected chi connectivity index (χ0v) is 13.7. The molecule has 106 valence electrons. The molecule has 1 N–H and O–H groups in total. The van der Waals surface area contributed by atoms with E-state index in [-0.39, 0.29) is 5.54 Å². The molecular weight excluding hydrogens is 286 g/mol. The zero-order chi connectivity index (χ0) is 14.6. The number of rotatable bonds is 4. The van der Waals surface area contributed by atoms with Gasteiger partial charge in [-0.05, 0) is 50.6 Å². The summed E-state index contributed by atoms with van der Waals surface area (Å²) in [4.78, 5) is 2.44. The normalized spacial score (nSPS) is 11.6. The van der Waals surface area contributed by atoms with Crippen molar-refractivity contribution in [3.8, 4) is 0 Å². The first-order valence-corrected chi connectivity index (χ1v) is 7.90. The summed E-state index contributed by atoms with van der Waals surface area (Å²) in [5, 5.41) is 4.33. The van der Waals surface area contributed by atoms with Gasteiger partial charge in [-0.1, -0.05) is 47.6 Å². The fourth-order valence-electron chi connectivity index (χ4n) is 1.78.